The highest BCUT2D eigenvalue weighted by atomic mass is 16.5. The minimum absolute atomic E-state index is 0.124. The quantitative estimate of drug-likeness (QED) is 0.338. The lowest BCUT2D eigenvalue weighted by molar-refractivity contribution is -0.122. The van der Waals surface area contributed by atoms with Crippen molar-refractivity contribution in [3.63, 3.8) is 0 Å². The topological polar surface area (TPSA) is 84.9 Å². The fourth-order valence-electron chi connectivity index (χ4n) is 3.32. The van der Waals surface area contributed by atoms with Gasteiger partial charge in [0.25, 0.3) is 11.8 Å². The number of ether oxygens (including phenoxy) is 2. The molecule has 166 valence electrons. The minimum atomic E-state index is -0.769. The van der Waals surface area contributed by atoms with Crippen LogP contribution in [0.1, 0.15) is 11.1 Å². The Bertz CT molecular complexity index is 1200. The predicted octanol–water partition coefficient (Wildman–Crippen LogP) is 4.12. The smallest absolute Gasteiger partial charge is 0.335 e. The van der Waals surface area contributed by atoms with Crippen LogP contribution in [-0.4, -0.2) is 31.1 Å². The van der Waals surface area contributed by atoms with E-state index in [1.807, 2.05) is 43.3 Å². The molecule has 1 aliphatic rings. The van der Waals surface area contributed by atoms with Crippen molar-refractivity contribution >= 4 is 29.6 Å². The summed E-state index contributed by atoms with van der Waals surface area (Å²) in [5.41, 5.74) is 1.79. The number of benzene rings is 3. The summed E-state index contributed by atoms with van der Waals surface area (Å²) in [5, 5.41) is 2.23. The minimum Gasteiger partial charge on any atom is -0.490 e. The maximum atomic E-state index is 13.0. The first-order chi connectivity index (χ1) is 16.0. The number of hydrogen-bond acceptors (Lipinski definition) is 5. The van der Waals surface area contributed by atoms with Crippen molar-refractivity contribution in [2.45, 2.75) is 6.92 Å². The van der Waals surface area contributed by atoms with Gasteiger partial charge in [-0.1, -0.05) is 42.5 Å². The van der Waals surface area contributed by atoms with E-state index in [1.54, 1.807) is 42.5 Å². The van der Waals surface area contributed by atoms with Crippen LogP contribution in [0.4, 0.5) is 10.5 Å². The highest BCUT2D eigenvalue weighted by molar-refractivity contribution is 6.39. The number of amides is 4. The molecule has 1 N–H and O–H groups in total. The molecule has 1 fully saturated rings. The number of nitrogens with one attached hydrogen (secondary N) is 1. The van der Waals surface area contributed by atoms with Gasteiger partial charge >= 0.3 is 6.03 Å². The lowest BCUT2D eigenvalue weighted by atomic mass is 10.1. The SMILES string of the molecule is Cc1cccc(N2C(=O)NC(=O)/C(=C/c3ccc(OCCOc4ccccc4)cc3)C2=O)c1. The molecule has 0 unspecified atom stereocenters. The van der Waals surface area contributed by atoms with Crippen molar-refractivity contribution in [1.82, 2.24) is 5.32 Å². The molecule has 33 heavy (non-hydrogen) atoms. The largest absolute Gasteiger partial charge is 0.490 e. The summed E-state index contributed by atoms with van der Waals surface area (Å²) >= 11 is 0. The Balaban J connectivity index is 1.42. The molecule has 7 heteroatoms. The number of barbiturate groups is 1. The molecule has 3 aromatic carbocycles. The van der Waals surface area contributed by atoms with Gasteiger partial charge in [0, 0.05) is 0 Å². The Labute approximate surface area is 191 Å². The third kappa shape index (κ3) is 5.27. The number of para-hydroxylation sites is 1. The molecule has 0 bridgehead atoms. The van der Waals surface area contributed by atoms with Gasteiger partial charge in [0.05, 0.1) is 5.69 Å². The Morgan fingerprint density at radius 2 is 1.48 bits per heavy atom. The van der Waals surface area contributed by atoms with Gasteiger partial charge in [0.1, 0.15) is 30.3 Å². The van der Waals surface area contributed by atoms with Gasteiger partial charge in [-0.2, -0.15) is 0 Å². The number of hydrogen-bond donors (Lipinski definition) is 1. The first-order valence-corrected chi connectivity index (χ1v) is 10.4. The molecule has 0 radical (unpaired) electrons. The number of carbonyl (C=O) groups excluding carboxylic acids is 3. The number of rotatable bonds is 7. The van der Waals surface area contributed by atoms with Gasteiger partial charge in [-0.3, -0.25) is 14.9 Å². The number of anilines is 1. The average molecular weight is 442 g/mol. The van der Waals surface area contributed by atoms with Gasteiger partial charge in [0.15, 0.2) is 0 Å². The molecular formula is C26H22N2O5. The van der Waals surface area contributed by atoms with Crippen molar-refractivity contribution in [2.75, 3.05) is 18.1 Å². The fraction of sp³-hybridized carbons (Fsp3) is 0.115. The molecule has 0 saturated carbocycles. The molecule has 4 rings (SSSR count). The Kier molecular flexibility index (Phi) is 6.50. The second-order valence-corrected chi connectivity index (χ2v) is 7.38. The lowest BCUT2D eigenvalue weighted by Crippen LogP contribution is -2.54. The summed E-state index contributed by atoms with van der Waals surface area (Å²) in [7, 11) is 0. The van der Waals surface area contributed by atoms with Crippen molar-refractivity contribution in [3.8, 4) is 11.5 Å². The van der Waals surface area contributed by atoms with Crippen LogP contribution in [0, 0.1) is 6.92 Å². The third-order valence-electron chi connectivity index (χ3n) is 4.92. The van der Waals surface area contributed by atoms with Crippen LogP contribution < -0.4 is 19.7 Å². The molecule has 7 nitrogen and oxygen atoms in total. The molecule has 1 aliphatic heterocycles. The number of aryl methyl sites for hydroxylation is 1. The summed E-state index contributed by atoms with van der Waals surface area (Å²) in [6.07, 6.45) is 1.45. The van der Waals surface area contributed by atoms with Gasteiger partial charge < -0.3 is 9.47 Å². The second kappa shape index (κ2) is 9.82. The zero-order chi connectivity index (χ0) is 23.2. The summed E-state index contributed by atoms with van der Waals surface area (Å²) in [5.74, 6) is 0.00140. The molecule has 3 aromatic rings. The van der Waals surface area contributed by atoms with E-state index in [9.17, 15) is 14.4 Å². The van der Waals surface area contributed by atoms with Crippen molar-refractivity contribution in [3.05, 3.63) is 95.6 Å². The van der Waals surface area contributed by atoms with Gasteiger partial charge in [-0.25, -0.2) is 9.69 Å². The number of imide groups is 2. The Morgan fingerprint density at radius 3 is 2.15 bits per heavy atom. The van der Waals surface area contributed by atoms with E-state index in [4.69, 9.17) is 9.47 Å². The zero-order valence-electron chi connectivity index (χ0n) is 18.0. The van der Waals surface area contributed by atoms with E-state index in [0.717, 1.165) is 16.2 Å². The van der Waals surface area contributed by atoms with Gasteiger partial charge in [-0.05, 0) is 60.5 Å². The third-order valence-corrected chi connectivity index (χ3v) is 4.92. The number of carbonyl (C=O) groups is 3. The first-order valence-electron chi connectivity index (χ1n) is 10.4. The first kappa shape index (κ1) is 21.8. The molecule has 0 aliphatic carbocycles. The van der Waals surface area contributed by atoms with Crippen LogP contribution >= 0.6 is 0 Å². The van der Waals surface area contributed by atoms with Crippen molar-refractivity contribution in [2.24, 2.45) is 0 Å². The van der Waals surface area contributed by atoms with Crippen LogP contribution in [0.3, 0.4) is 0 Å². The molecule has 4 amide bonds. The fourth-order valence-corrected chi connectivity index (χ4v) is 3.32. The molecule has 1 heterocycles. The van der Waals surface area contributed by atoms with E-state index in [2.05, 4.69) is 5.32 Å². The number of urea groups is 1. The zero-order valence-corrected chi connectivity index (χ0v) is 18.0. The van der Waals surface area contributed by atoms with Crippen LogP contribution in [0.5, 0.6) is 11.5 Å². The molecular weight excluding hydrogens is 420 g/mol. The van der Waals surface area contributed by atoms with E-state index < -0.39 is 17.8 Å². The normalized spacial score (nSPS) is 14.9. The molecule has 0 spiro atoms. The Hall–Kier alpha value is -4.39. The van der Waals surface area contributed by atoms with Gasteiger partial charge in [-0.15, -0.1) is 0 Å². The molecule has 0 atom stereocenters. The van der Waals surface area contributed by atoms with Crippen molar-refractivity contribution < 1.29 is 23.9 Å². The van der Waals surface area contributed by atoms with E-state index >= 15 is 0 Å². The number of nitrogens with zero attached hydrogens (tertiary/aromatic N) is 1. The Morgan fingerprint density at radius 1 is 0.818 bits per heavy atom. The monoisotopic (exact) mass is 442 g/mol. The van der Waals surface area contributed by atoms with Crippen LogP contribution in [0.15, 0.2) is 84.4 Å². The maximum absolute atomic E-state index is 13.0. The van der Waals surface area contributed by atoms with Crippen molar-refractivity contribution in [1.29, 1.82) is 0 Å². The highest BCUT2D eigenvalue weighted by Crippen LogP contribution is 2.23. The van der Waals surface area contributed by atoms with Crippen LogP contribution in [0.25, 0.3) is 6.08 Å². The standard InChI is InChI=1S/C26H22N2O5/c1-18-6-5-7-20(16-18)28-25(30)23(24(29)27-26(28)31)17-19-10-12-22(13-11-19)33-15-14-32-21-8-3-2-4-9-21/h2-13,16-17H,14-15H2,1H3,(H,27,29,31)/b23-17-. The lowest BCUT2D eigenvalue weighted by Gasteiger charge is -2.26. The molecule has 0 aromatic heterocycles. The summed E-state index contributed by atoms with van der Waals surface area (Å²) in [4.78, 5) is 38.6. The van der Waals surface area contributed by atoms with E-state index in [-0.39, 0.29) is 5.57 Å². The van der Waals surface area contributed by atoms with Crippen LogP contribution in [0.2, 0.25) is 0 Å². The second-order valence-electron chi connectivity index (χ2n) is 7.38. The summed E-state index contributed by atoms with van der Waals surface area (Å²) in [6, 6.07) is 22.6. The summed E-state index contributed by atoms with van der Waals surface area (Å²) < 4.78 is 11.3. The average Bonchev–Trinajstić information content (AvgIpc) is 2.81. The van der Waals surface area contributed by atoms with Gasteiger partial charge in [0.2, 0.25) is 0 Å². The van der Waals surface area contributed by atoms with Crippen LogP contribution in [-0.2, 0) is 9.59 Å². The maximum Gasteiger partial charge on any atom is 0.335 e. The predicted molar refractivity (Wildman–Crippen MR) is 124 cm³/mol. The highest BCUT2D eigenvalue weighted by Gasteiger charge is 2.36. The molecule has 1 saturated heterocycles. The van der Waals surface area contributed by atoms with E-state index in [1.165, 1.54) is 6.08 Å². The van der Waals surface area contributed by atoms with E-state index in [0.29, 0.717) is 30.2 Å². The summed E-state index contributed by atoms with van der Waals surface area (Å²) in [6.45, 7) is 2.62.